The topological polar surface area (TPSA) is 33.1 Å². The standard InChI is InChI=1S/C12H22N4.ClH/c1-4-16-12(5-6-13-16)9-15-7-10(2)14-11(3)8-15;/h5-6,10-11,14H,4,7-9H2,1-3H3;1H. The summed E-state index contributed by atoms with van der Waals surface area (Å²) in [5, 5.41) is 7.87. The van der Waals surface area contributed by atoms with Crippen LogP contribution in [-0.4, -0.2) is 39.9 Å². The molecule has 0 aromatic carbocycles. The molecule has 2 atom stereocenters. The van der Waals surface area contributed by atoms with Crippen molar-refractivity contribution < 1.29 is 0 Å². The molecule has 98 valence electrons. The minimum Gasteiger partial charge on any atom is -0.309 e. The van der Waals surface area contributed by atoms with Gasteiger partial charge in [-0.25, -0.2) is 0 Å². The monoisotopic (exact) mass is 258 g/mol. The van der Waals surface area contributed by atoms with Gasteiger partial charge in [0, 0.05) is 44.5 Å². The number of nitrogens with zero attached hydrogens (tertiary/aromatic N) is 3. The van der Waals surface area contributed by atoms with E-state index < -0.39 is 0 Å². The third kappa shape index (κ3) is 3.69. The third-order valence-corrected chi connectivity index (χ3v) is 3.12. The average Bonchev–Trinajstić information content (AvgIpc) is 2.63. The van der Waals surface area contributed by atoms with Crippen LogP contribution in [0.2, 0.25) is 0 Å². The zero-order chi connectivity index (χ0) is 11.5. The molecule has 0 spiro atoms. The quantitative estimate of drug-likeness (QED) is 0.892. The van der Waals surface area contributed by atoms with Crippen LogP contribution in [0.1, 0.15) is 26.5 Å². The Balaban J connectivity index is 0.00000144. The summed E-state index contributed by atoms with van der Waals surface area (Å²) in [6, 6.07) is 3.30. The molecule has 2 unspecified atom stereocenters. The van der Waals surface area contributed by atoms with Crippen LogP contribution < -0.4 is 5.32 Å². The van der Waals surface area contributed by atoms with E-state index in [9.17, 15) is 0 Å². The van der Waals surface area contributed by atoms with Gasteiger partial charge in [-0.15, -0.1) is 12.4 Å². The van der Waals surface area contributed by atoms with Gasteiger partial charge in [-0.3, -0.25) is 9.58 Å². The Kier molecular flexibility index (Phi) is 5.43. The number of nitrogens with one attached hydrogen (secondary N) is 1. The highest BCUT2D eigenvalue weighted by atomic mass is 35.5. The maximum absolute atomic E-state index is 4.31. The SMILES string of the molecule is CCn1nccc1CN1CC(C)NC(C)C1.Cl. The second-order valence-electron chi connectivity index (χ2n) is 4.80. The lowest BCUT2D eigenvalue weighted by Crippen LogP contribution is -2.53. The first kappa shape index (κ1) is 14.5. The molecule has 17 heavy (non-hydrogen) atoms. The molecule has 2 rings (SSSR count). The Bertz CT molecular complexity index is 329. The van der Waals surface area contributed by atoms with Gasteiger partial charge >= 0.3 is 0 Å². The zero-order valence-electron chi connectivity index (χ0n) is 10.9. The predicted octanol–water partition coefficient (Wildman–Crippen LogP) is 1.51. The van der Waals surface area contributed by atoms with Crippen molar-refractivity contribution in [1.29, 1.82) is 0 Å². The summed E-state index contributed by atoms with van der Waals surface area (Å²) >= 11 is 0. The lowest BCUT2D eigenvalue weighted by molar-refractivity contribution is 0.162. The summed E-state index contributed by atoms with van der Waals surface area (Å²) in [5.41, 5.74) is 1.32. The highest BCUT2D eigenvalue weighted by Crippen LogP contribution is 2.09. The largest absolute Gasteiger partial charge is 0.309 e. The number of aryl methyl sites for hydroxylation is 1. The Morgan fingerprint density at radius 3 is 2.59 bits per heavy atom. The molecule has 0 bridgehead atoms. The van der Waals surface area contributed by atoms with Crippen molar-refractivity contribution >= 4 is 12.4 Å². The van der Waals surface area contributed by atoms with Gasteiger partial charge in [-0.1, -0.05) is 0 Å². The van der Waals surface area contributed by atoms with Gasteiger partial charge < -0.3 is 5.32 Å². The predicted molar refractivity (Wildman–Crippen MR) is 72.5 cm³/mol. The van der Waals surface area contributed by atoms with Gasteiger partial charge in [0.25, 0.3) is 0 Å². The number of halogens is 1. The number of hydrogen-bond donors (Lipinski definition) is 1. The molecule has 0 saturated carbocycles. The normalized spacial score (nSPS) is 25.6. The Labute approximate surface area is 110 Å². The second kappa shape index (κ2) is 6.38. The first-order valence-electron chi connectivity index (χ1n) is 6.18. The second-order valence-corrected chi connectivity index (χ2v) is 4.80. The number of rotatable bonds is 3. The van der Waals surface area contributed by atoms with Gasteiger partial charge in [-0.05, 0) is 26.8 Å². The molecule has 1 N–H and O–H groups in total. The fourth-order valence-corrected chi connectivity index (χ4v) is 2.58. The molecule has 2 heterocycles. The van der Waals surface area contributed by atoms with Crippen molar-refractivity contribution in [2.24, 2.45) is 0 Å². The summed E-state index contributed by atoms with van der Waals surface area (Å²) in [4.78, 5) is 2.51. The summed E-state index contributed by atoms with van der Waals surface area (Å²) < 4.78 is 2.08. The van der Waals surface area contributed by atoms with Crippen LogP contribution in [0.5, 0.6) is 0 Å². The zero-order valence-corrected chi connectivity index (χ0v) is 11.7. The van der Waals surface area contributed by atoms with E-state index in [0.29, 0.717) is 12.1 Å². The van der Waals surface area contributed by atoms with E-state index in [4.69, 9.17) is 0 Å². The smallest absolute Gasteiger partial charge is 0.0524 e. The molecule has 0 amide bonds. The van der Waals surface area contributed by atoms with Crippen LogP contribution >= 0.6 is 12.4 Å². The van der Waals surface area contributed by atoms with Gasteiger partial charge in [-0.2, -0.15) is 5.10 Å². The van der Waals surface area contributed by atoms with Gasteiger partial charge in [0.05, 0.1) is 5.69 Å². The minimum atomic E-state index is 0. The Morgan fingerprint density at radius 1 is 1.35 bits per heavy atom. The molecular weight excluding hydrogens is 236 g/mol. The molecule has 1 aliphatic rings. The van der Waals surface area contributed by atoms with Gasteiger partial charge in [0.2, 0.25) is 0 Å². The molecule has 5 heteroatoms. The van der Waals surface area contributed by atoms with Crippen molar-refractivity contribution in [3.05, 3.63) is 18.0 Å². The molecule has 1 fully saturated rings. The Hall–Kier alpha value is -0.580. The van der Waals surface area contributed by atoms with Crippen LogP contribution in [0.25, 0.3) is 0 Å². The summed E-state index contributed by atoms with van der Waals surface area (Å²) in [5.74, 6) is 0. The molecule has 0 radical (unpaired) electrons. The summed E-state index contributed by atoms with van der Waals surface area (Å²) in [6.45, 7) is 10.9. The van der Waals surface area contributed by atoms with Crippen molar-refractivity contribution in [1.82, 2.24) is 20.0 Å². The van der Waals surface area contributed by atoms with Crippen LogP contribution in [0.3, 0.4) is 0 Å². The lowest BCUT2D eigenvalue weighted by atomic mass is 10.1. The first-order valence-corrected chi connectivity index (χ1v) is 6.18. The highest BCUT2D eigenvalue weighted by Gasteiger charge is 2.21. The van der Waals surface area contributed by atoms with Crippen molar-refractivity contribution in [2.75, 3.05) is 13.1 Å². The van der Waals surface area contributed by atoms with Crippen LogP contribution in [0.15, 0.2) is 12.3 Å². The van der Waals surface area contributed by atoms with Crippen LogP contribution in [0, 0.1) is 0 Å². The molecule has 0 aliphatic carbocycles. The molecule has 1 aliphatic heterocycles. The van der Waals surface area contributed by atoms with E-state index in [1.165, 1.54) is 5.69 Å². The molecule has 1 saturated heterocycles. The van der Waals surface area contributed by atoms with E-state index in [2.05, 4.69) is 46.8 Å². The lowest BCUT2D eigenvalue weighted by Gasteiger charge is -2.36. The van der Waals surface area contributed by atoms with Gasteiger partial charge in [0.15, 0.2) is 0 Å². The number of hydrogen-bond acceptors (Lipinski definition) is 3. The summed E-state index contributed by atoms with van der Waals surface area (Å²) in [7, 11) is 0. The van der Waals surface area contributed by atoms with Crippen LogP contribution in [-0.2, 0) is 13.1 Å². The summed E-state index contributed by atoms with van der Waals surface area (Å²) in [6.07, 6.45) is 1.90. The minimum absolute atomic E-state index is 0. The fourth-order valence-electron chi connectivity index (χ4n) is 2.58. The van der Waals surface area contributed by atoms with Crippen LogP contribution in [0.4, 0.5) is 0 Å². The van der Waals surface area contributed by atoms with Crippen molar-refractivity contribution in [3.8, 4) is 0 Å². The number of piperazine rings is 1. The van der Waals surface area contributed by atoms with Gasteiger partial charge in [0.1, 0.15) is 0 Å². The van der Waals surface area contributed by atoms with E-state index in [1.807, 2.05) is 6.20 Å². The Morgan fingerprint density at radius 2 is 2.00 bits per heavy atom. The molecule has 1 aromatic rings. The first-order chi connectivity index (χ1) is 7.69. The van der Waals surface area contributed by atoms with E-state index >= 15 is 0 Å². The highest BCUT2D eigenvalue weighted by molar-refractivity contribution is 5.85. The molecular formula is C12H23ClN4. The average molecular weight is 259 g/mol. The molecule has 1 aromatic heterocycles. The number of aromatic nitrogens is 2. The van der Waals surface area contributed by atoms with Crippen molar-refractivity contribution in [3.63, 3.8) is 0 Å². The molecule has 4 nitrogen and oxygen atoms in total. The third-order valence-electron chi connectivity index (χ3n) is 3.12. The van der Waals surface area contributed by atoms with E-state index in [1.54, 1.807) is 0 Å². The maximum atomic E-state index is 4.31. The fraction of sp³-hybridized carbons (Fsp3) is 0.750. The van der Waals surface area contributed by atoms with E-state index in [-0.39, 0.29) is 12.4 Å². The maximum Gasteiger partial charge on any atom is 0.0524 e. The van der Waals surface area contributed by atoms with E-state index in [0.717, 1.165) is 26.2 Å². The van der Waals surface area contributed by atoms with Crippen molar-refractivity contribution in [2.45, 2.75) is 45.9 Å².